The normalized spacial score (nSPS) is 11.2. The van der Waals surface area contributed by atoms with Gasteiger partial charge in [-0.1, -0.05) is 24.3 Å². The molecule has 4 rings (SSSR count). The molecule has 0 aliphatic heterocycles. The lowest BCUT2D eigenvalue weighted by Crippen LogP contribution is -2.30. The molecule has 0 bridgehead atoms. The fourth-order valence-corrected chi connectivity index (χ4v) is 5.03. The zero-order valence-corrected chi connectivity index (χ0v) is 18.7. The van der Waals surface area contributed by atoms with E-state index >= 15 is 0 Å². The molecule has 7 nitrogen and oxygen atoms in total. The van der Waals surface area contributed by atoms with E-state index in [9.17, 15) is 14.7 Å². The molecule has 1 amide bonds. The largest absolute Gasteiger partial charge is 0.506 e. The maximum atomic E-state index is 13.2. The van der Waals surface area contributed by atoms with Crippen LogP contribution in [0.2, 0.25) is 0 Å². The number of aromatic nitrogens is 2. The van der Waals surface area contributed by atoms with Gasteiger partial charge < -0.3 is 14.8 Å². The van der Waals surface area contributed by atoms with Gasteiger partial charge in [0, 0.05) is 4.88 Å². The van der Waals surface area contributed by atoms with Crippen LogP contribution >= 0.6 is 23.1 Å². The van der Waals surface area contributed by atoms with E-state index in [4.69, 9.17) is 4.42 Å². The van der Waals surface area contributed by atoms with E-state index in [0.717, 1.165) is 21.7 Å². The van der Waals surface area contributed by atoms with E-state index < -0.39 is 0 Å². The Morgan fingerprint density at radius 1 is 1.32 bits per heavy atom. The highest BCUT2D eigenvalue weighted by molar-refractivity contribution is 7.99. The first-order chi connectivity index (χ1) is 14.9. The van der Waals surface area contributed by atoms with E-state index in [1.54, 1.807) is 46.4 Å². The molecule has 160 valence electrons. The smallest absolute Gasteiger partial charge is 0.347 e. The summed E-state index contributed by atoms with van der Waals surface area (Å²) in [7, 11) is 0. The lowest BCUT2D eigenvalue weighted by atomic mass is 10.2. The number of carbonyl (C=O) groups excluding carboxylic acids is 1. The summed E-state index contributed by atoms with van der Waals surface area (Å²) in [6.07, 6.45) is 2.41. The van der Waals surface area contributed by atoms with Crippen LogP contribution in [-0.4, -0.2) is 21.3 Å². The quantitative estimate of drug-likeness (QED) is 0.250. The molecule has 31 heavy (non-hydrogen) atoms. The van der Waals surface area contributed by atoms with Crippen molar-refractivity contribution in [3.63, 3.8) is 0 Å². The number of hydrogen-bond donors (Lipinski definition) is 2. The SMILES string of the molecule is CCc1cc2c(=O)n(Cc3ccco3)c(SCC(=O)Nc3cc(C)ccc3O)[nH+]c2s1. The lowest BCUT2D eigenvalue weighted by Gasteiger charge is -2.08. The number of carbonyl (C=O) groups is 1. The number of amides is 1. The van der Waals surface area contributed by atoms with E-state index in [-0.39, 0.29) is 29.5 Å². The molecule has 3 heterocycles. The summed E-state index contributed by atoms with van der Waals surface area (Å²) in [5.41, 5.74) is 1.17. The number of anilines is 1. The van der Waals surface area contributed by atoms with E-state index in [0.29, 0.717) is 22.0 Å². The lowest BCUT2D eigenvalue weighted by molar-refractivity contribution is -0.404. The van der Waals surface area contributed by atoms with Gasteiger partial charge in [0.2, 0.25) is 5.91 Å². The minimum atomic E-state index is -0.281. The number of aromatic hydroxyl groups is 1. The van der Waals surface area contributed by atoms with E-state index in [1.807, 2.05) is 26.0 Å². The number of rotatable bonds is 7. The number of phenolic OH excluding ortho intramolecular Hbond substituents is 1. The molecule has 9 heteroatoms. The van der Waals surface area contributed by atoms with Crippen molar-refractivity contribution in [2.45, 2.75) is 32.0 Å². The number of hydrogen-bond acceptors (Lipinski definition) is 6. The highest BCUT2D eigenvalue weighted by atomic mass is 32.2. The fourth-order valence-electron chi connectivity index (χ4n) is 3.16. The van der Waals surface area contributed by atoms with Crippen molar-refractivity contribution in [2.24, 2.45) is 0 Å². The Kier molecular flexibility index (Phi) is 6.15. The average Bonchev–Trinajstić information content (AvgIpc) is 3.41. The molecule has 4 aromatic rings. The van der Waals surface area contributed by atoms with Gasteiger partial charge in [0.1, 0.15) is 16.9 Å². The number of benzene rings is 1. The van der Waals surface area contributed by atoms with Crippen LogP contribution in [0, 0.1) is 6.92 Å². The zero-order chi connectivity index (χ0) is 22.0. The van der Waals surface area contributed by atoms with Crippen molar-refractivity contribution in [1.82, 2.24) is 4.57 Å². The molecule has 0 atom stereocenters. The van der Waals surface area contributed by atoms with Crippen LogP contribution in [0.3, 0.4) is 0 Å². The van der Waals surface area contributed by atoms with E-state index in [1.165, 1.54) is 11.8 Å². The third-order valence-corrected chi connectivity index (χ3v) is 6.93. The Labute approximate surface area is 186 Å². The summed E-state index contributed by atoms with van der Waals surface area (Å²) >= 11 is 2.77. The first-order valence-electron chi connectivity index (χ1n) is 9.77. The van der Waals surface area contributed by atoms with Gasteiger partial charge in [0.05, 0.1) is 17.7 Å². The first-order valence-corrected chi connectivity index (χ1v) is 11.6. The summed E-state index contributed by atoms with van der Waals surface area (Å²) in [5.74, 6) is 0.449. The molecule has 3 N–H and O–H groups in total. The van der Waals surface area contributed by atoms with Crippen molar-refractivity contribution < 1.29 is 19.3 Å². The molecule has 0 aliphatic rings. The Bertz CT molecular complexity index is 1290. The van der Waals surface area contributed by atoms with Gasteiger partial charge in [-0.05, 0) is 61.0 Å². The molecule has 0 radical (unpaired) electrons. The summed E-state index contributed by atoms with van der Waals surface area (Å²) in [6, 6.07) is 10.5. The van der Waals surface area contributed by atoms with Crippen molar-refractivity contribution in [3.8, 4) is 5.75 Å². The number of furan rings is 1. The Balaban J connectivity index is 1.61. The number of thioether (sulfide) groups is 1. The molecule has 0 fully saturated rings. The molecule has 1 aromatic carbocycles. The number of aromatic amines is 1. The predicted molar refractivity (Wildman–Crippen MR) is 122 cm³/mol. The van der Waals surface area contributed by atoms with Crippen molar-refractivity contribution in [1.29, 1.82) is 0 Å². The standard InChI is InChI=1S/C22H21N3O4S2/c1-3-15-10-16-20(31-15)24-22(25(21(16)28)11-14-5-4-8-29-14)30-12-19(27)23-17-9-13(2)6-7-18(17)26/h4-10,26H,3,11-12H2,1-2H3,(H,23,27)/p+1. The maximum Gasteiger partial charge on any atom is 0.347 e. The van der Waals surface area contributed by atoms with Gasteiger partial charge in [-0.2, -0.15) is 4.57 Å². The van der Waals surface area contributed by atoms with Crippen LogP contribution < -0.4 is 15.9 Å². The number of nitrogens with one attached hydrogen (secondary N) is 2. The van der Waals surface area contributed by atoms with Gasteiger partial charge in [-0.25, -0.2) is 9.78 Å². The summed E-state index contributed by atoms with van der Waals surface area (Å²) in [5, 5.41) is 13.9. The molecule has 3 aromatic heterocycles. The number of phenols is 1. The molecule has 0 saturated heterocycles. The van der Waals surface area contributed by atoms with Gasteiger partial charge in [0.25, 0.3) is 0 Å². The topological polar surface area (TPSA) is 98.6 Å². The van der Waals surface area contributed by atoms with Crippen LogP contribution in [-0.2, 0) is 17.8 Å². The fraction of sp³-hybridized carbons (Fsp3) is 0.227. The monoisotopic (exact) mass is 456 g/mol. The number of thiophene rings is 1. The number of H-pyrrole nitrogens is 1. The number of aryl methyl sites for hydroxylation is 2. The zero-order valence-electron chi connectivity index (χ0n) is 17.1. The average molecular weight is 457 g/mol. The van der Waals surface area contributed by atoms with Crippen molar-refractivity contribution >= 4 is 44.9 Å². The van der Waals surface area contributed by atoms with Gasteiger partial charge in [-0.15, -0.1) is 0 Å². The predicted octanol–water partition coefficient (Wildman–Crippen LogP) is 3.83. The summed E-state index contributed by atoms with van der Waals surface area (Å²) in [4.78, 5) is 30.9. The van der Waals surface area contributed by atoms with Crippen LogP contribution in [0.4, 0.5) is 5.69 Å². The van der Waals surface area contributed by atoms with Crippen LogP contribution in [0.1, 0.15) is 23.1 Å². The minimum absolute atomic E-state index is 0.0114. The third kappa shape index (κ3) is 4.67. The molecule has 0 unspecified atom stereocenters. The molecule has 0 spiro atoms. The third-order valence-electron chi connectivity index (χ3n) is 4.73. The highest BCUT2D eigenvalue weighted by Gasteiger charge is 2.23. The van der Waals surface area contributed by atoms with Crippen LogP contribution in [0.5, 0.6) is 5.75 Å². The van der Waals surface area contributed by atoms with Gasteiger partial charge in [0.15, 0.2) is 11.4 Å². The number of fused-ring (bicyclic) bond motifs is 1. The summed E-state index contributed by atoms with van der Waals surface area (Å²) in [6.45, 7) is 4.19. The second-order valence-electron chi connectivity index (χ2n) is 7.07. The molecule has 0 saturated carbocycles. The van der Waals surface area contributed by atoms with Gasteiger partial charge >= 0.3 is 10.7 Å². The minimum Gasteiger partial charge on any atom is -0.506 e. The van der Waals surface area contributed by atoms with Crippen molar-refractivity contribution in [3.05, 3.63) is 69.2 Å². The number of nitrogens with zero attached hydrogens (tertiary/aromatic N) is 1. The summed E-state index contributed by atoms with van der Waals surface area (Å²) < 4.78 is 7.02. The Hall–Kier alpha value is -3.04. The second kappa shape index (κ2) is 8.99. The Morgan fingerprint density at radius 2 is 2.16 bits per heavy atom. The Morgan fingerprint density at radius 3 is 2.90 bits per heavy atom. The maximum absolute atomic E-state index is 13.2. The van der Waals surface area contributed by atoms with Crippen molar-refractivity contribution in [2.75, 3.05) is 11.1 Å². The van der Waals surface area contributed by atoms with Crippen LogP contribution in [0.25, 0.3) is 10.2 Å². The van der Waals surface area contributed by atoms with Crippen LogP contribution in [0.15, 0.2) is 57.0 Å². The second-order valence-corrected chi connectivity index (χ2v) is 9.17. The van der Waals surface area contributed by atoms with Gasteiger partial charge in [-0.3, -0.25) is 4.79 Å². The highest BCUT2D eigenvalue weighted by Crippen LogP contribution is 2.25. The molecule has 0 aliphatic carbocycles. The first kappa shape index (κ1) is 21.2. The van der Waals surface area contributed by atoms with E-state index in [2.05, 4.69) is 10.3 Å². The molecular weight excluding hydrogens is 434 g/mol. The molecular formula is C22H22N3O4S2+.